The smallest absolute Gasteiger partial charge is 0.271 e. The molecule has 0 aliphatic carbocycles. The van der Waals surface area contributed by atoms with Crippen LogP contribution in [0.15, 0.2) is 35.5 Å². The van der Waals surface area contributed by atoms with Gasteiger partial charge in [-0.3, -0.25) is 10.2 Å². The van der Waals surface area contributed by atoms with Crippen LogP contribution in [0.1, 0.15) is 17.3 Å². The molecule has 6 N–H and O–H groups in total. The summed E-state index contributed by atoms with van der Waals surface area (Å²) in [7, 11) is 0. The second kappa shape index (κ2) is 5.25. The van der Waals surface area contributed by atoms with Gasteiger partial charge in [0, 0.05) is 5.69 Å². The molecule has 5 rings (SSSR count). The van der Waals surface area contributed by atoms with Gasteiger partial charge in [-0.25, -0.2) is 0 Å². The van der Waals surface area contributed by atoms with E-state index in [1.165, 1.54) is 24.4 Å². The van der Waals surface area contributed by atoms with Gasteiger partial charge in [0.05, 0.1) is 29.9 Å². The molecule has 0 aromatic heterocycles. The van der Waals surface area contributed by atoms with E-state index < -0.39 is 0 Å². The molecule has 4 aliphatic rings. The van der Waals surface area contributed by atoms with Crippen molar-refractivity contribution in [2.75, 3.05) is 45.0 Å². The number of nitrogens with two attached hydrogens (primary N) is 1. The summed E-state index contributed by atoms with van der Waals surface area (Å²) in [6.07, 6.45) is 0. The van der Waals surface area contributed by atoms with E-state index in [1.807, 2.05) is 12.1 Å². The first-order valence-electron chi connectivity index (χ1n) is 8.36. The molecule has 2 fully saturated rings. The third-order valence-corrected chi connectivity index (χ3v) is 5.50. The Bertz CT molecular complexity index is 665. The molecule has 2 saturated heterocycles. The number of hydrazine groups is 1. The van der Waals surface area contributed by atoms with Gasteiger partial charge in [0.25, 0.3) is 5.91 Å². The fraction of sp³-hybridized carbons (Fsp3) is 0.471. The van der Waals surface area contributed by atoms with E-state index in [9.17, 15) is 4.79 Å². The molecular weight excluding hydrogens is 290 g/mol. The molecule has 4 aliphatic heterocycles. The topological polar surface area (TPSA) is 76.0 Å². The number of benzene rings is 1. The fourth-order valence-electron chi connectivity index (χ4n) is 4.57. The summed E-state index contributed by atoms with van der Waals surface area (Å²) in [5.74, 6) is -0.174. The minimum absolute atomic E-state index is 0.127. The second-order valence-electron chi connectivity index (χ2n) is 7.41. The van der Waals surface area contributed by atoms with Crippen LogP contribution in [0.3, 0.4) is 0 Å². The fourth-order valence-corrected chi connectivity index (χ4v) is 4.57. The number of para-hydroxylation sites is 1. The quantitative estimate of drug-likeness (QED) is 0.318. The summed E-state index contributed by atoms with van der Waals surface area (Å²) in [6.45, 7) is 9.33. The number of nitrogens with one attached hydrogen (secondary N) is 4. The van der Waals surface area contributed by atoms with Gasteiger partial charge in [0.1, 0.15) is 31.6 Å². The first-order valence-corrected chi connectivity index (χ1v) is 8.36. The van der Waals surface area contributed by atoms with Gasteiger partial charge in [0.2, 0.25) is 0 Å². The summed E-state index contributed by atoms with van der Waals surface area (Å²) in [5, 5.41) is 0. The summed E-state index contributed by atoms with van der Waals surface area (Å²) >= 11 is 0. The monoisotopic (exact) mass is 315 g/mol. The summed E-state index contributed by atoms with van der Waals surface area (Å²) < 4.78 is 0. The molecular formula is C17H25N5O+2. The van der Waals surface area contributed by atoms with Gasteiger partial charge in [-0.2, -0.15) is 0 Å². The minimum Gasteiger partial charge on any atom is -0.398 e. The molecule has 4 bridgehead atoms. The van der Waals surface area contributed by atoms with Crippen LogP contribution in [-0.2, 0) is 0 Å². The lowest BCUT2D eigenvalue weighted by Gasteiger charge is -2.42. The summed E-state index contributed by atoms with van der Waals surface area (Å²) in [6, 6.07) is 7.16. The first-order chi connectivity index (χ1) is 11.0. The van der Waals surface area contributed by atoms with Crippen molar-refractivity contribution in [3.05, 3.63) is 41.1 Å². The van der Waals surface area contributed by atoms with Crippen LogP contribution in [0.2, 0.25) is 0 Å². The maximum Gasteiger partial charge on any atom is 0.271 e. The Kier molecular flexibility index (Phi) is 3.32. The van der Waals surface area contributed by atoms with Crippen LogP contribution in [0.5, 0.6) is 0 Å². The van der Waals surface area contributed by atoms with Crippen LogP contribution in [0.25, 0.3) is 0 Å². The number of carbonyl (C=O) groups excluding carboxylic acids is 1. The Morgan fingerprint density at radius 3 is 2.43 bits per heavy atom. The molecule has 122 valence electrons. The molecule has 0 saturated carbocycles. The number of hydrogen-bond acceptors (Lipinski definition) is 3. The Morgan fingerprint density at radius 1 is 1.17 bits per heavy atom. The van der Waals surface area contributed by atoms with Gasteiger partial charge in [-0.15, -0.1) is 0 Å². The van der Waals surface area contributed by atoms with Gasteiger partial charge < -0.3 is 21.0 Å². The van der Waals surface area contributed by atoms with Crippen molar-refractivity contribution in [1.29, 1.82) is 0 Å². The Morgan fingerprint density at radius 2 is 1.83 bits per heavy atom. The number of nitrogen functional groups attached to an aromatic ring is 1. The Hall–Kier alpha value is -2.05. The number of hydrogen-bond donors (Lipinski definition) is 5. The average Bonchev–Trinajstić information content (AvgIpc) is 2.74. The standard InChI is InChI=1S/C17H23N5O/c1-17-10-21-6-7-22(11-17)9-12(8-21)15(17)19-20-16(23)13-4-2-3-5-14(13)18/h2-5,19H,6-11,18H2,1H3,(H,20,23)/p+2. The number of rotatable bonds is 3. The molecule has 23 heavy (non-hydrogen) atoms. The third-order valence-electron chi connectivity index (χ3n) is 5.50. The second-order valence-corrected chi connectivity index (χ2v) is 7.41. The van der Waals surface area contributed by atoms with Crippen molar-refractivity contribution in [2.45, 2.75) is 6.92 Å². The van der Waals surface area contributed by atoms with Crippen molar-refractivity contribution in [3.63, 3.8) is 0 Å². The Labute approximate surface area is 136 Å². The maximum atomic E-state index is 12.4. The van der Waals surface area contributed by atoms with Gasteiger partial charge in [-0.05, 0) is 19.1 Å². The Balaban J connectivity index is 1.54. The predicted molar refractivity (Wildman–Crippen MR) is 87.7 cm³/mol. The number of amides is 1. The number of carbonyl (C=O) groups is 1. The van der Waals surface area contributed by atoms with Crippen LogP contribution < -0.4 is 26.4 Å². The predicted octanol–water partition coefficient (Wildman–Crippen LogP) is -2.43. The van der Waals surface area contributed by atoms with Gasteiger partial charge in [-0.1, -0.05) is 12.1 Å². The van der Waals surface area contributed by atoms with Crippen molar-refractivity contribution in [1.82, 2.24) is 10.9 Å². The van der Waals surface area contributed by atoms with Crippen molar-refractivity contribution in [2.24, 2.45) is 5.41 Å². The average molecular weight is 315 g/mol. The zero-order valence-electron chi connectivity index (χ0n) is 13.5. The number of quaternary nitrogens is 2. The van der Waals surface area contributed by atoms with E-state index in [1.54, 1.807) is 21.9 Å². The third kappa shape index (κ3) is 2.48. The van der Waals surface area contributed by atoms with Crippen LogP contribution in [0, 0.1) is 5.41 Å². The molecule has 2 unspecified atom stereocenters. The van der Waals surface area contributed by atoms with E-state index >= 15 is 0 Å². The lowest BCUT2D eigenvalue weighted by atomic mass is 9.78. The van der Waals surface area contributed by atoms with Crippen LogP contribution in [0.4, 0.5) is 5.69 Å². The van der Waals surface area contributed by atoms with Crippen LogP contribution in [-0.4, -0.2) is 45.2 Å². The highest BCUT2D eigenvalue weighted by Gasteiger charge is 2.50. The SMILES string of the molecule is CC12C[NH+]3CC[NH+](CC(=C1NNC(=O)c1ccccc1N)C3)C2. The highest BCUT2D eigenvalue weighted by Crippen LogP contribution is 2.29. The van der Waals surface area contributed by atoms with Crippen molar-refractivity contribution >= 4 is 11.6 Å². The molecule has 1 amide bonds. The van der Waals surface area contributed by atoms with Crippen LogP contribution >= 0.6 is 0 Å². The van der Waals surface area contributed by atoms with E-state index in [-0.39, 0.29) is 11.3 Å². The van der Waals surface area contributed by atoms with E-state index in [4.69, 9.17) is 5.73 Å². The molecule has 2 atom stereocenters. The first kappa shape index (κ1) is 14.5. The highest BCUT2D eigenvalue weighted by atomic mass is 16.2. The molecule has 1 aromatic carbocycles. The molecule has 0 radical (unpaired) electrons. The van der Waals surface area contributed by atoms with Crippen molar-refractivity contribution in [3.8, 4) is 0 Å². The maximum absolute atomic E-state index is 12.4. The lowest BCUT2D eigenvalue weighted by Crippen LogP contribution is -3.14. The zero-order chi connectivity index (χ0) is 16.0. The van der Waals surface area contributed by atoms with E-state index in [0.717, 1.165) is 26.2 Å². The summed E-state index contributed by atoms with van der Waals surface area (Å²) in [4.78, 5) is 15.7. The molecule has 6 nitrogen and oxygen atoms in total. The minimum atomic E-state index is -0.174. The number of anilines is 1. The largest absolute Gasteiger partial charge is 0.398 e. The highest BCUT2D eigenvalue weighted by molar-refractivity contribution is 5.98. The van der Waals surface area contributed by atoms with Gasteiger partial charge >= 0.3 is 0 Å². The molecule has 1 aromatic rings. The summed E-state index contributed by atoms with van der Waals surface area (Å²) in [5.41, 5.74) is 15.9. The van der Waals surface area contributed by atoms with Gasteiger partial charge in [0.15, 0.2) is 0 Å². The van der Waals surface area contributed by atoms with Crippen molar-refractivity contribution < 1.29 is 14.6 Å². The molecule has 0 spiro atoms. The van der Waals surface area contributed by atoms with E-state index in [0.29, 0.717) is 11.3 Å². The number of fused-ring (bicyclic) bond motifs is 1. The zero-order valence-corrected chi connectivity index (χ0v) is 13.5. The van der Waals surface area contributed by atoms with E-state index in [2.05, 4.69) is 17.8 Å². The molecule has 6 heteroatoms. The molecule has 4 heterocycles. The lowest BCUT2D eigenvalue weighted by molar-refractivity contribution is -0.918. The normalized spacial score (nSPS) is 31.9.